The molecular weight excluding hydrogens is 296 g/mol. The SMILES string of the molecule is COCCN(CCOC)C(=O)c1cc2ccccc2c(OC)n1. The standard InChI is InChI=1S/C17H22N2O4/c1-21-10-8-19(9-11-22-2)17(20)15-12-13-6-4-5-7-14(13)16(18-15)23-3/h4-7,12H,8-11H2,1-3H3. The molecule has 6 heteroatoms. The van der Waals surface area contributed by atoms with Crippen molar-refractivity contribution in [2.24, 2.45) is 0 Å². The molecule has 2 aromatic rings. The first-order valence-electron chi connectivity index (χ1n) is 7.42. The molecule has 0 fully saturated rings. The Labute approximate surface area is 136 Å². The van der Waals surface area contributed by atoms with Gasteiger partial charge in [0.25, 0.3) is 5.91 Å². The summed E-state index contributed by atoms with van der Waals surface area (Å²) in [7, 11) is 4.77. The number of pyridine rings is 1. The average molecular weight is 318 g/mol. The highest BCUT2D eigenvalue weighted by molar-refractivity contribution is 5.98. The Hall–Kier alpha value is -2.18. The van der Waals surface area contributed by atoms with E-state index in [4.69, 9.17) is 14.2 Å². The first kappa shape index (κ1) is 17.2. The number of carbonyl (C=O) groups excluding carboxylic acids is 1. The van der Waals surface area contributed by atoms with Crippen LogP contribution in [-0.2, 0) is 9.47 Å². The third-order valence-corrected chi connectivity index (χ3v) is 3.54. The van der Waals surface area contributed by atoms with Gasteiger partial charge in [-0.3, -0.25) is 4.79 Å². The second-order valence-corrected chi connectivity index (χ2v) is 5.02. The largest absolute Gasteiger partial charge is 0.481 e. The van der Waals surface area contributed by atoms with E-state index < -0.39 is 0 Å². The zero-order valence-electron chi connectivity index (χ0n) is 13.7. The molecule has 6 nitrogen and oxygen atoms in total. The predicted octanol–water partition coefficient (Wildman–Crippen LogP) is 1.98. The number of hydrogen-bond acceptors (Lipinski definition) is 5. The lowest BCUT2D eigenvalue weighted by Crippen LogP contribution is -2.37. The minimum Gasteiger partial charge on any atom is -0.481 e. The lowest BCUT2D eigenvalue weighted by atomic mass is 10.1. The van der Waals surface area contributed by atoms with Crippen LogP contribution >= 0.6 is 0 Å². The van der Waals surface area contributed by atoms with E-state index >= 15 is 0 Å². The molecule has 1 aromatic carbocycles. The predicted molar refractivity (Wildman–Crippen MR) is 88.0 cm³/mol. The topological polar surface area (TPSA) is 60.9 Å². The van der Waals surface area contributed by atoms with Gasteiger partial charge in [0.05, 0.1) is 20.3 Å². The molecule has 0 aliphatic heterocycles. The molecule has 0 unspecified atom stereocenters. The van der Waals surface area contributed by atoms with Crippen molar-refractivity contribution in [2.75, 3.05) is 47.6 Å². The quantitative estimate of drug-likeness (QED) is 0.745. The normalized spacial score (nSPS) is 10.7. The molecule has 23 heavy (non-hydrogen) atoms. The molecule has 1 heterocycles. The first-order valence-corrected chi connectivity index (χ1v) is 7.42. The van der Waals surface area contributed by atoms with E-state index in [0.29, 0.717) is 37.9 Å². The fourth-order valence-electron chi connectivity index (χ4n) is 2.31. The Morgan fingerprint density at radius 3 is 2.35 bits per heavy atom. The average Bonchev–Trinajstić information content (AvgIpc) is 2.60. The lowest BCUT2D eigenvalue weighted by Gasteiger charge is -2.22. The molecule has 0 saturated carbocycles. The van der Waals surface area contributed by atoms with Crippen molar-refractivity contribution in [2.45, 2.75) is 0 Å². The van der Waals surface area contributed by atoms with Crippen LogP contribution in [0.3, 0.4) is 0 Å². The van der Waals surface area contributed by atoms with Gasteiger partial charge in [-0.15, -0.1) is 0 Å². The number of ether oxygens (including phenoxy) is 3. The van der Waals surface area contributed by atoms with E-state index in [-0.39, 0.29) is 5.91 Å². The summed E-state index contributed by atoms with van der Waals surface area (Å²) in [6, 6.07) is 9.47. The Bertz CT molecular complexity index is 652. The number of aromatic nitrogens is 1. The van der Waals surface area contributed by atoms with Crippen LogP contribution in [0.5, 0.6) is 5.88 Å². The molecular formula is C17H22N2O4. The van der Waals surface area contributed by atoms with Crippen molar-refractivity contribution in [1.82, 2.24) is 9.88 Å². The third kappa shape index (κ3) is 4.18. The highest BCUT2D eigenvalue weighted by atomic mass is 16.5. The van der Waals surface area contributed by atoms with E-state index in [0.717, 1.165) is 10.8 Å². The van der Waals surface area contributed by atoms with Gasteiger partial charge in [-0.25, -0.2) is 4.98 Å². The van der Waals surface area contributed by atoms with Crippen LogP contribution in [0.4, 0.5) is 0 Å². The maximum atomic E-state index is 12.8. The zero-order chi connectivity index (χ0) is 16.7. The molecule has 0 saturated heterocycles. The highest BCUT2D eigenvalue weighted by Crippen LogP contribution is 2.24. The second-order valence-electron chi connectivity index (χ2n) is 5.02. The van der Waals surface area contributed by atoms with Crippen molar-refractivity contribution in [3.8, 4) is 5.88 Å². The second kappa shape index (κ2) is 8.45. The van der Waals surface area contributed by atoms with E-state index in [1.807, 2.05) is 24.3 Å². The van der Waals surface area contributed by atoms with Crippen molar-refractivity contribution in [3.63, 3.8) is 0 Å². The summed E-state index contributed by atoms with van der Waals surface area (Å²) in [4.78, 5) is 18.8. The molecule has 124 valence electrons. The van der Waals surface area contributed by atoms with Gasteiger partial charge in [0.2, 0.25) is 5.88 Å². The number of nitrogens with zero attached hydrogens (tertiary/aromatic N) is 2. The first-order chi connectivity index (χ1) is 11.2. The summed E-state index contributed by atoms with van der Waals surface area (Å²) >= 11 is 0. The number of methoxy groups -OCH3 is 3. The molecule has 0 radical (unpaired) electrons. The van der Waals surface area contributed by atoms with E-state index in [9.17, 15) is 4.79 Å². The number of carbonyl (C=O) groups is 1. The summed E-state index contributed by atoms with van der Waals surface area (Å²) in [5.41, 5.74) is 0.354. The Morgan fingerprint density at radius 1 is 1.09 bits per heavy atom. The summed E-state index contributed by atoms with van der Waals surface area (Å²) < 4.78 is 15.5. The summed E-state index contributed by atoms with van der Waals surface area (Å²) in [5.74, 6) is 0.285. The molecule has 0 aliphatic carbocycles. The Balaban J connectivity index is 2.33. The molecule has 0 atom stereocenters. The van der Waals surface area contributed by atoms with Crippen LogP contribution in [0.1, 0.15) is 10.5 Å². The van der Waals surface area contributed by atoms with E-state index in [2.05, 4.69) is 4.98 Å². The minimum atomic E-state index is -0.164. The maximum Gasteiger partial charge on any atom is 0.272 e. The van der Waals surface area contributed by atoms with E-state index in [1.165, 1.54) is 0 Å². The van der Waals surface area contributed by atoms with Gasteiger partial charge >= 0.3 is 0 Å². The zero-order valence-corrected chi connectivity index (χ0v) is 13.7. The summed E-state index contributed by atoms with van der Waals surface area (Å²) in [6.45, 7) is 1.88. The fraction of sp³-hybridized carbons (Fsp3) is 0.412. The van der Waals surface area contributed by atoms with Gasteiger partial charge in [-0.1, -0.05) is 18.2 Å². The van der Waals surface area contributed by atoms with E-state index in [1.54, 1.807) is 32.3 Å². The molecule has 2 rings (SSSR count). The number of hydrogen-bond donors (Lipinski definition) is 0. The Morgan fingerprint density at radius 2 is 1.74 bits per heavy atom. The van der Waals surface area contributed by atoms with Crippen molar-refractivity contribution in [3.05, 3.63) is 36.0 Å². The molecule has 0 aliphatic rings. The summed E-state index contributed by atoms with van der Waals surface area (Å²) in [6.07, 6.45) is 0. The molecule has 1 aromatic heterocycles. The van der Waals surface area contributed by atoms with Crippen LogP contribution in [-0.4, -0.2) is 63.4 Å². The molecule has 0 N–H and O–H groups in total. The highest BCUT2D eigenvalue weighted by Gasteiger charge is 2.19. The molecule has 0 spiro atoms. The van der Waals surface area contributed by atoms with Gasteiger partial charge < -0.3 is 19.1 Å². The van der Waals surface area contributed by atoms with Gasteiger partial charge in [-0.05, 0) is 17.5 Å². The number of benzene rings is 1. The number of fused-ring (bicyclic) bond motifs is 1. The molecule has 1 amide bonds. The lowest BCUT2D eigenvalue weighted by molar-refractivity contribution is 0.0621. The Kier molecular flexibility index (Phi) is 6.31. The van der Waals surface area contributed by atoms with Crippen molar-refractivity contribution in [1.29, 1.82) is 0 Å². The third-order valence-electron chi connectivity index (χ3n) is 3.54. The van der Waals surface area contributed by atoms with Crippen LogP contribution in [0.2, 0.25) is 0 Å². The van der Waals surface area contributed by atoms with Crippen LogP contribution in [0, 0.1) is 0 Å². The number of rotatable bonds is 8. The van der Waals surface area contributed by atoms with Gasteiger partial charge in [-0.2, -0.15) is 0 Å². The fourth-order valence-corrected chi connectivity index (χ4v) is 2.31. The van der Waals surface area contributed by atoms with Gasteiger partial charge in [0.1, 0.15) is 5.69 Å². The van der Waals surface area contributed by atoms with Crippen LogP contribution < -0.4 is 4.74 Å². The van der Waals surface area contributed by atoms with Crippen molar-refractivity contribution < 1.29 is 19.0 Å². The van der Waals surface area contributed by atoms with Gasteiger partial charge in [0.15, 0.2) is 0 Å². The minimum absolute atomic E-state index is 0.164. The van der Waals surface area contributed by atoms with Crippen LogP contribution in [0.25, 0.3) is 10.8 Å². The van der Waals surface area contributed by atoms with Crippen molar-refractivity contribution >= 4 is 16.7 Å². The molecule has 0 bridgehead atoms. The van der Waals surface area contributed by atoms with Gasteiger partial charge in [0, 0.05) is 32.7 Å². The number of amides is 1. The maximum absolute atomic E-state index is 12.8. The summed E-state index contributed by atoms with van der Waals surface area (Å²) in [5, 5.41) is 1.80. The monoisotopic (exact) mass is 318 g/mol. The smallest absolute Gasteiger partial charge is 0.272 e. The van der Waals surface area contributed by atoms with Crippen LogP contribution in [0.15, 0.2) is 30.3 Å².